The SMILES string of the molecule is Nc1cc(C(=O)O)cc(C(=O)O)c1.Nc1cc(OCCCCS(=O)(=O)O)c(N)cc1Cl. The van der Waals surface area contributed by atoms with Gasteiger partial charge in [-0.2, -0.15) is 8.42 Å². The van der Waals surface area contributed by atoms with E-state index in [1.807, 2.05) is 0 Å². The Morgan fingerprint density at radius 1 is 0.903 bits per heavy atom. The van der Waals surface area contributed by atoms with E-state index in [4.69, 9.17) is 48.3 Å². The minimum Gasteiger partial charge on any atom is -0.491 e. The summed E-state index contributed by atoms with van der Waals surface area (Å²) in [4.78, 5) is 21.0. The molecule has 2 rings (SSSR count). The van der Waals surface area contributed by atoms with Crippen LogP contribution < -0.4 is 21.9 Å². The van der Waals surface area contributed by atoms with Crippen LogP contribution in [0.2, 0.25) is 5.02 Å². The van der Waals surface area contributed by atoms with Gasteiger partial charge in [0.1, 0.15) is 5.75 Å². The molecular weight excluding hydrogens is 454 g/mol. The third-order valence-electron chi connectivity index (χ3n) is 3.63. The Balaban J connectivity index is 0.000000327. The number of halogens is 1. The average Bonchev–Trinajstić information content (AvgIpc) is 2.64. The Morgan fingerprint density at radius 3 is 1.94 bits per heavy atom. The second-order valence-corrected chi connectivity index (χ2v) is 8.19. The molecule has 9 N–H and O–H groups in total. The number of nitrogen functional groups attached to an aromatic ring is 3. The lowest BCUT2D eigenvalue weighted by atomic mass is 10.1. The fourth-order valence-electron chi connectivity index (χ4n) is 2.18. The van der Waals surface area contributed by atoms with Crippen molar-refractivity contribution in [2.45, 2.75) is 12.8 Å². The highest BCUT2D eigenvalue weighted by atomic mass is 35.5. The standard InChI is InChI=1S/C10H15ClN2O4S.C8H7NO4/c11-7-5-9(13)10(6-8(7)12)17-3-1-2-4-18(14,15)16;9-6-2-4(7(10)11)1-5(3-6)8(12)13/h5-6H,1-4,12-13H2,(H,14,15,16);1-3H,9H2,(H,10,11)(H,12,13). The number of aromatic carboxylic acids is 2. The summed E-state index contributed by atoms with van der Waals surface area (Å²) < 4.78 is 34.8. The van der Waals surface area contributed by atoms with Gasteiger partial charge >= 0.3 is 11.9 Å². The maximum Gasteiger partial charge on any atom is 0.335 e. The second-order valence-electron chi connectivity index (χ2n) is 6.21. The Bertz CT molecular complexity index is 1030. The molecule has 170 valence electrons. The number of carboxylic acid groups (broad SMARTS) is 2. The van der Waals surface area contributed by atoms with Crippen molar-refractivity contribution in [1.82, 2.24) is 0 Å². The minimum absolute atomic E-state index is 0.123. The van der Waals surface area contributed by atoms with Crippen LogP contribution in [-0.2, 0) is 10.1 Å². The van der Waals surface area contributed by atoms with Crippen molar-refractivity contribution in [3.05, 3.63) is 46.5 Å². The van der Waals surface area contributed by atoms with Crippen LogP contribution in [0.15, 0.2) is 30.3 Å². The number of benzene rings is 2. The topological polar surface area (TPSA) is 216 Å². The molecule has 0 spiro atoms. The first-order valence-corrected chi connectivity index (χ1v) is 10.6. The molecule has 0 unspecified atom stereocenters. The average molecular weight is 476 g/mol. The molecule has 0 fully saturated rings. The highest BCUT2D eigenvalue weighted by Gasteiger charge is 2.10. The molecule has 31 heavy (non-hydrogen) atoms. The molecule has 0 saturated carbocycles. The molecule has 2 aromatic rings. The normalized spacial score (nSPS) is 10.6. The van der Waals surface area contributed by atoms with E-state index in [2.05, 4.69) is 0 Å². The maximum atomic E-state index is 10.5. The predicted octanol–water partition coefficient (Wildman–Crippen LogP) is 2.22. The number of anilines is 3. The summed E-state index contributed by atoms with van der Waals surface area (Å²) in [7, 11) is -3.91. The van der Waals surface area contributed by atoms with Crippen LogP contribution in [0, 0.1) is 0 Å². The van der Waals surface area contributed by atoms with Crippen molar-refractivity contribution in [2.24, 2.45) is 0 Å². The van der Waals surface area contributed by atoms with Gasteiger partial charge in [0.05, 0.1) is 39.9 Å². The van der Waals surface area contributed by atoms with Crippen molar-refractivity contribution in [3.63, 3.8) is 0 Å². The predicted molar refractivity (Wildman–Crippen MR) is 116 cm³/mol. The summed E-state index contributed by atoms with van der Waals surface area (Å²) in [5, 5.41) is 17.5. The molecule has 0 aliphatic rings. The zero-order valence-corrected chi connectivity index (χ0v) is 17.7. The third kappa shape index (κ3) is 9.42. The number of hydrogen-bond acceptors (Lipinski definition) is 8. The summed E-state index contributed by atoms with van der Waals surface area (Å²) >= 11 is 5.76. The van der Waals surface area contributed by atoms with E-state index < -0.39 is 22.1 Å². The number of unbranched alkanes of at least 4 members (excludes halogenated alkanes) is 1. The fraction of sp³-hybridized carbons (Fsp3) is 0.222. The van der Waals surface area contributed by atoms with Crippen LogP contribution in [0.1, 0.15) is 33.6 Å². The third-order valence-corrected chi connectivity index (χ3v) is 4.76. The van der Waals surface area contributed by atoms with Crippen molar-refractivity contribution in [2.75, 3.05) is 29.6 Å². The molecule has 0 aliphatic carbocycles. The first-order chi connectivity index (χ1) is 14.3. The van der Waals surface area contributed by atoms with Gasteiger partial charge in [0, 0.05) is 11.8 Å². The molecule has 13 heteroatoms. The van der Waals surface area contributed by atoms with Gasteiger partial charge in [0.15, 0.2) is 0 Å². The van der Waals surface area contributed by atoms with Crippen LogP contribution in [-0.4, -0.2) is 47.5 Å². The van der Waals surface area contributed by atoms with Gasteiger partial charge in [0.2, 0.25) is 0 Å². The molecule has 0 saturated heterocycles. The second kappa shape index (κ2) is 11.2. The first kappa shape index (κ1) is 25.8. The molecule has 0 amide bonds. The Morgan fingerprint density at radius 2 is 1.45 bits per heavy atom. The van der Waals surface area contributed by atoms with Crippen molar-refractivity contribution in [3.8, 4) is 5.75 Å². The molecular formula is C18H22ClN3O8S. The van der Waals surface area contributed by atoms with Gasteiger partial charge in [-0.05, 0) is 37.1 Å². The molecule has 0 radical (unpaired) electrons. The Kier molecular flexibility index (Phi) is 9.37. The monoisotopic (exact) mass is 475 g/mol. The van der Waals surface area contributed by atoms with Crippen LogP contribution in [0.3, 0.4) is 0 Å². The zero-order valence-electron chi connectivity index (χ0n) is 16.1. The zero-order chi connectivity index (χ0) is 23.8. The largest absolute Gasteiger partial charge is 0.491 e. The van der Waals surface area contributed by atoms with Gasteiger partial charge in [-0.15, -0.1) is 0 Å². The number of hydrogen-bond donors (Lipinski definition) is 6. The minimum atomic E-state index is -3.91. The molecule has 0 atom stereocenters. The van der Waals surface area contributed by atoms with Crippen molar-refractivity contribution in [1.29, 1.82) is 0 Å². The number of rotatable bonds is 8. The lowest BCUT2D eigenvalue weighted by Gasteiger charge is -2.10. The summed E-state index contributed by atoms with van der Waals surface area (Å²) in [6.07, 6.45) is 0.781. The lowest BCUT2D eigenvalue weighted by molar-refractivity contribution is 0.0696. The molecule has 0 heterocycles. The summed E-state index contributed by atoms with van der Waals surface area (Å²) in [5.41, 5.74) is 17.2. The lowest BCUT2D eigenvalue weighted by Crippen LogP contribution is -2.07. The van der Waals surface area contributed by atoms with Gasteiger partial charge in [-0.1, -0.05) is 11.6 Å². The molecule has 0 bridgehead atoms. The fourth-order valence-corrected chi connectivity index (χ4v) is 2.92. The van der Waals surface area contributed by atoms with E-state index in [9.17, 15) is 18.0 Å². The van der Waals surface area contributed by atoms with Crippen LogP contribution in [0.4, 0.5) is 17.1 Å². The van der Waals surface area contributed by atoms with Gasteiger partial charge in [0.25, 0.3) is 10.1 Å². The van der Waals surface area contributed by atoms with E-state index in [0.717, 1.165) is 6.07 Å². The number of nitrogens with two attached hydrogens (primary N) is 3. The van der Waals surface area contributed by atoms with Gasteiger partial charge in [-0.3, -0.25) is 4.55 Å². The van der Waals surface area contributed by atoms with Gasteiger partial charge < -0.3 is 32.2 Å². The smallest absolute Gasteiger partial charge is 0.335 e. The van der Waals surface area contributed by atoms with Crippen LogP contribution in [0.5, 0.6) is 5.75 Å². The highest BCUT2D eigenvalue weighted by Crippen LogP contribution is 2.30. The van der Waals surface area contributed by atoms with E-state index in [1.54, 1.807) is 0 Å². The van der Waals surface area contributed by atoms with E-state index in [1.165, 1.54) is 24.3 Å². The number of carboxylic acids is 2. The molecule has 0 aromatic heterocycles. The maximum absolute atomic E-state index is 10.5. The molecule has 0 aliphatic heterocycles. The molecule has 2 aromatic carbocycles. The quantitative estimate of drug-likeness (QED) is 0.184. The van der Waals surface area contributed by atoms with E-state index in [0.29, 0.717) is 35.0 Å². The number of ether oxygens (including phenoxy) is 1. The number of carbonyl (C=O) groups is 2. The van der Waals surface area contributed by atoms with E-state index in [-0.39, 0.29) is 29.2 Å². The Hall–Kier alpha value is -3.22. The summed E-state index contributed by atoms with van der Waals surface area (Å²) in [5.74, 6) is -2.28. The Labute approximate surface area is 183 Å². The summed E-state index contributed by atoms with van der Waals surface area (Å²) in [6, 6.07) is 6.47. The van der Waals surface area contributed by atoms with Crippen LogP contribution in [0.25, 0.3) is 0 Å². The highest BCUT2D eigenvalue weighted by molar-refractivity contribution is 7.85. The van der Waals surface area contributed by atoms with Crippen molar-refractivity contribution >= 4 is 50.7 Å². The molecule has 11 nitrogen and oxygen atoms in total. The van der Waals surface area contributed by atoms with Crippen molar-refractivity contribution < 1.29 is 37.5 Å². The van der Waals surface area contributed by atoms with Crippen LogP contribution >= 0.6 is 11.6 Å². The summed E-state index contributed by atoms with van der Waals surface area (Å²) in [6.45, 7) is 0.279. The van der Waals surface area contributed by atoms with Gasteiger partial charge in [-0.25, -0.2) is 9.59 Å². The van der Waals surface area contributed by atoms with E-state index >= 15 is 0 Å². The first-order valence-electron chi connectivity index (χ1n) is 8.59.